The lowest BCUT2D eigenvalue weighted by atomic mass is 10.2. The lowest BCUT2D eigenvalue weighted by Gasteiger charge is -2.05. The van der Waals surface area contributed by atoms with E-state index in [1.807, 2.05) is 42.5 Å². The molecule has 0 saturated carbocycles. The van der Waals surface area contributed by atoms with Gasteiger partial charge in [0, 0.05) is 22.2 Å². The SMILES string of the molecule is O=C(Nc1cccc(Cl)c1)c1cc2ccc(OCc3ccccc3)cc2o1. The predicted molar refractivity (Wildman–Crippen MR) is 106 cm³/mol. The number of halogens is 1. The van der Waals surface area contributed by atoms with Gasteiger partial charge in [0.25, 0.3) is 5.91 Å². The maximum atomic E-state index is 12.4. The molecule has 0 unspecified atom stereocenters. The number of amides is 1. The van der Waals surface area contributed by atoms with Gasteiger partial charge in [-0.2, -0.15) is 0 Å². The van der Waals surface area contributed by atoms with Crippen LogP contribution in [0.2, 0.25) is 5.02 Å². The highest BCUT2D eigenvalue weighted by Crippen LogP contribution is 2.26. The van der Waals surface area contributed by atoms with Crippen molar-refractivity contribution in [1.29, 1.82) is 0 Å². The Hall–Kier alpha value is -3.24. The van der Waals surface area contributed by atoms with Crippen molar-refractivity contribution in [2.75, 3.05) is 5.32 Å². The Bertz CT molecular complexity index is 1090. The molecule has 0 spiro atoms. The highest BCUT2D eigenvalue weighted by molar-refractivity contribution is 6.30. The summed E-state index contributed by atoms with van der Waals surface area (Å²) in [5.41, 5.74) is 2.29. The molecule has 1 aromatic heterocycles. The van der Waals surface area contributed by atoms with Gasteiger partial charge in [0.1, 0.15) is 17.9 Å². The number of nitrogens with one attached hydrogen (secondary N) is 1. The molecule has 1 N–H and O–H groups in total. The molecule has 4 rings (SSSR count). The van der Waals surface area contributed by atoms with Crippen LogP contribution in [0.15, 0.2) is 83.3 Å². The van der Waals surface area contributed by atoms with Crippen molar-refractivity contribution in [1.82, 2.24) is 0 Å². The van der Waals surface area contributed by atoms with E-state index in [0.29, 0.717) is 28.6 Å². The molecule has 27 heavy (non-hydrogen) atoms. The first kappa shape index (κ1) is 17.2. The third-order valence-corrected chi connectivity index (χ3v) is 4.28. The molecule has 1 heterocycles. The number of anilines is 1. The summed E-state index contributed by atoms with van der Waals surface area (Å²) in [6.45, 7) is 0.467. The van der Waals surface area contributed by atoms with Crippen LogP contribution in [-0.2, 0) is 6.61 Å². The Morgan fingerprint density at radius 3 is 2.63 bits per heavy atom. The summed E-state index contributed by atoms with van der Waals surface area (Å²) in [6.07, 6.45) is 0. The van der Waals surface area contributed by atoms with Crippen molar-refractivity contribution in [2.24, 2.45) is 0 Å². The van der Waals surface area contributed by atoms with Crippen LogP contribution in [0.25, 0.3) is 11.0 Å². The average molecular weight is 378 g/mol. The zero-order chi connectivity index (χ0) is 18.6. The van der Waals surface area contributed by atoms with Gasteiger partial charge in [0.05, 0.1) is 0 Å². The van der Waals surface area contributed by atoms with Crippen LogP contribution >= 0.6 is 11.6 Å². The van der Waals surface area contributed by atoms with Gasteiger partial charge in [-0.3, -0.25) is 4.79 Å². The monoisotopic (exact) mass is 377 g/mol. The second-order valence-corrected chi connectivity index (χ2v) is 6.49. The van der Waals surface area contributed by atoms with E-state index in [-0.39, 0.29) is 11.7 Å². The van der Waals surface area contributed by atoms with E-state index in [4.69, 9.17) is 20.8 Å². The van der Waals surface area contributed by atoms with Gasteiger partial charge in [-0.15, -0.1) is 0 Å². The second kappa shape index (κ2) is 7.56. The highest BCUT2D eigenvalue weighted by atomic mass is 35.5. The van der Waals surface area contributed by atoms with Gasteiger partial charge in [-0.05, 0) is 42.0 Å². The molecule has 134 valence electrons. The molecular formula is C22H16ClNO3. The third kappa shape index (κ3) is 4.13. The average Bonchev–Trinajstić information content (AvgIpc) is 3.11. The summed E-state index contributed by atoms with van der Waals surface area (Å²) in [5, 5.41) is 4.16. The van der Waals surface area contributed by atoms with E-state index in [9.17, 15) is 4.79 Å². The fraction of sp³-hybridized carbons (Fsp3) is 0.0455. The minimum atomic E-state index is -0.333. The Morgan fingerprint density at radius 2 is 1.81 bits per heavy atom. The van der Waals surface area contributed by atoms with Gasteiger partial charge >= 0.3 is 0 Å². The fourth-order valence-electron chi connectivity index (χ4n) is 2.71. The normalized spacial score (nSPS) is 10.7. The first-order valence-corrected chi connectivity index (χ1v) is 8.82. The van der Waals surface area contributed by atoms with E-state index in [2.05, 4.69) is 5.32 Å². The number of furan rings is 1. The summed E-state index contributed by atoms with van der Waals surface area (Å²) >= 11 is 5.94. The molecule has 4 nitrogen and oxygen atoms in total. The molecule has 5 heteroatoms. The summed E-state index contributed by atoms with van der Waals surface area (Å²) in [7, 11) is 0. The van der Waals surface area contributed by atoms with Crippen molar-refractivity contribution in [3.8, 4) is 5.75 Å². The maximum Gasteiger partial charge on any atom is 0.291 e. The van der Waals surface area contributed by atoms with Crippen molar-refractivity contribution in [2.45, 2.75) is 6.61 Å². The number of benzene rings is 3. The van der Waals surface area contributed by atoms with Gasteiger partial charge in [0.15, 0.2) is 5.76 Å². The molecule has 1 amide bonds. The van der Waals surface area contributed by atoms with E-state index >= 15 is 0 Å². The van der Waals surface area contributed by atoms with E-state index in [0.717, 1.165) is 10.9 Å². The zero-order valence-electron chi connectivity index (χ0n) is 14.3. The van der Waals surface area contributed by atoms with Crippen LogP contribution in [0, 0.1) is 0 Å². The van der Waals surface area contributed by atoms with E-state index in [1.165, 1.54) is 0 Å². The maximum absolute atomic E-state index is 12.4. The molecule has 0 aliphatic heterocycles. The van der Waals surface area contributed by atoms with E-state index < -0.39 is 0 Å². The third-order valence-electron chi connectivity index (χ3n) is 4.05. The Kier molecular flexibility index (Phi) is 4.81. The largest absolute Gasteiger partial charge is 0.489 e. The molecule has 0 fully saturated rings. The quantitative estimate of drug-likeness (QED) is 0.469. The number of hydrogen-bond acceptors (Lipinski definition) is 3. The van der Waals surface area contributed by atoms with Gasteiger partial charge in [0.2, 0.25) is 0 Å². The molecule has 3 aromatic carbocycles. The molecular weight excluding hydrogens is 362 g/mol. The molecule has 0 aliphatic carbocycles. The molecule has 0 radical (unpaired) electrons. The number of fused-ring (bicyclic) bond motifs is 1. The second-order valence-electron chi connectivity index (χ2n) is 6.05. The van der Waals surface area contributed by atoms with Crippen molar-refractivity contribution < 1.29 is 13.9 Å². The number of carbonyl (C=O) groups is 1. The van der Waals surface area contributed by atoms with Crippen LogP contribution in [0.3, 0.4) is 0 Å². The molecule has 0 bridgehead atoms. The van der Waals surface area contributed by atoms with Crippen molar-refractivity contribution >= 4 is 34.2 Å². The Labute approximate surface area is 161 Å². The lowest BCUT2D eigenvalue weighted by molar-refractivity contribution is 0.0998. The van der Waals surface area contributed by atoms with Crippen LogP contribution in [0.1, 0.15) is 16.1 Å². The molecule has 0 saturated heterocycles. The number of hydrogen-bond donors (Lipinski definition) is 1. The molecule has 0 aliphatic rings. The van der Waals surface area contributed by atoms with Crippen LogP contribution in [0.5, 0.6) is 5.75 Å². The minimum absolute atomic E-state index is 0.227. The number of rotatable bonds is 5. The van der Waals surface area contributed by atoms with Gasteiger partial charge < -0.3 is 14.5 Å². The first-order valence-electron chi connectivity index (χ1n) is 8.45. The summed E-state index contributed by atoms with van der Waals surface area (Å²) in [4.78, 5) is 12.4. The summed E-state index contributed by atoms with van der Waals surface area (Å²) < 4.78 is 11.5. The van der Waals surface area contributed by atoms with Crippen LogP contribution in [-0.4, -0.2) is 5.91 Å². The topological polar surface area (TPSA) is 51.5 Å². The highest BCUT2D eigenvalue weighted by Gasteiger charge is 2.13. The summed E-state index contributed by atoms with van der Waals surface area (Å²) in [6, 6.07) is 24.1. The zero-order valence-corrected chi connectivity index (χ0v) is 15.1. The van der Waals surface area contributed by atoms with Gasteiger partial charge in [-0.1, -0.05) is 48.0 Å². The Balaban J connectivity index is 1.49. The predicted octanol–water partition coefficient (Wildman–Crippen LogP) is 5.92. The Morgan fingerprint density at radius 1 is 0.963 bits per heavy atom. The van der Waals surface area contributed by atoms with E-state index in [1.54, 1.807) is 36.4 Å². The van der Waals surface area contributed by atoms with Crippen molar-refractivity contribution in [3.05, 3.63) is 95.2 Å². The molecule has 4 aromatic rings. The summed E-state index contributed by atoms with van der Waals surface area (Å²) in [5.74, 6) is 0.577. The minimum Gasteiger partial charge on any atom is -0.489 e. The smallest absolute Gasteiger partial charge is 0.291 e. The molecule has 0 atom stereocenters. The van der Waals surface area contributed by atoms with Gasteiger partial charge in [-0.25, -0.2) is 0 Å². The first-order chi connectivity index (χ1) is 13.2. The number of ether oxygens (including phenoxy) is 1. The standard InChI is InChI=1S/C22H16ClNO3/c23-17-7-4-8-18(12-17)24-22(25)21-11-16-9-10-19(13-20(16)27-21)26-14-15-5-2-1-3-6-15/h1-13H,14H2,(H,24,25). The van der Waals surface area contributed by atoms with Crippen LogP contribution < -0.4 is 10.1 Å². The van der Waals surface area contributed by atoms with Crippen molar-refractivity contribution in [3.63, 3.8) is 0 Å². The lowest BCUT2D eigenvalue weighted by Crippen LogP contribution is -2.10. The van der Waals surface area contributed by atoms with Crippen LogP contribution in [0.4, 0.5) is 5.69 Å². The number of carbonyl (C=O) groups excluding carboxylic acids is 1. The fourth-order valence-corrected chi connectivity index (χ4v) is 2.90.